The quantitative estimate of drug-likeness (QED) is 0.748. The summed E-state index contributed by atoms with van der Waals surface area (Å²) in [5.74, 6) is 1.08. The minimum atomic E-state index is -0.0586. The highest BCUT2D eigenvalue weighted by atomic mass is 79.9. The summed E-state index contributed by atoms with van der Waals surface area (Å²) in [6.07, 6.45) is 1.53. The van der Waals surface area contributed by atoms with Crippen molar-refractivity contribution in [2.75, 3.05) is 27.2 Å². The molecule has 0 unspecified atom stereocenters. The molecule has 0 radical (unpaired) electrons. The third-order valence-electron chi connectivity index (χ3n) is 3.05. The zero-order valence-electron chi connectivity index (χ0n) is 13.4. The zero-order valence-corrected chi connectivity index (χ0v) is 16.6. The van der Waals surface area contributed by atoms with Crippen molar-refractivity contribution in [3.63, 3.8) is 0 Å². The molecular weight excluding hydrogens is 417 g/mol. The van der Waals surface area contributed by atoms with Crippen LogP contribution in [0.25, 0.3) is 0 Å². The Hall–Kier alpha value is -1.34. The lowest BCUT2D eigenvalue weighted by atomic mass is 10.2. The van der Waals surface area contributed by atoms with E-state index in [1.54, 1.807) is 24.1 Å². The van der Waals surface area contributed by atoms with Crippen LogP contribution < -0.4 is 10.1 Å². The average Bonchev–Trinajstić information content (AvgIpc) is 2.52. The van der Waals surface area contributed by atoms with Gasteiger partial charge in [-0.25, -0.2) is 4.98 Å². The molecular formula is C16H20BrCl2N3O2. The number of halogens is 3. The van der Waals surface area contributed by atoms with Crippen LogP contribution in [0.1, 0.15) is 10.4 Å². The molecule has 0 fully saturated rings. The highest BCUT2D eigenvalue weighted by Gasteiger charge is 2.11. The number of benzene rings is 1. The second-order valence-corrected chi connectivity index (χ2v) is 5.69. The van der Waals surface area contributed by atoms with Crippen LogP contribution in [0.4, 0.5) is 0 Å². The number of nitrogens with zero attached hydrogens (tertiary/aromatic N) is 2. The molecule has 1 heterocycles. The number of carbonyl (C=O) groups is 1. The van der Waals surface area contributed by atoms with E-state index >= 15 is 0 Å². The van der Waals surface area contributed by atoms with Crippen molar-refractivity contribution in [3.8, 4) is 11.6 Å². The summed E-state index contributed by atoms with van der Waals surface area (Å²) in [4.78, 5) is 18.0. The van der Waals surface area contributed by atoms with Gasteiger partial charge < -0.3 is 15.0 Å². The van der Waals surface area contributed by atoms with Crippen LogP contribution in [0.3, 0.4) is 0 Å². The minimum Gasteiger partial charge on any atom is -0.439 e. The van der Waals surface area contributed by atoms with Crippen molar-refractivity contribution in [2.24, 2.45) is 0 Å². The van der Waals surface area contributed by atoms with Gasteiger partial charge in [-0.1, -0.05) is 22.0 Å². The number of hydrogen-bond donors (Lipinski definition) is 1. The van der Waals surface area contributed by atoms with Gasteiger partial charge in [-0.05, 0) is 31.3 Å². The van der Waals surface area contributed by atoms with E-state index in [1.165, 1.54) is 6.20 Å². The molecule has 1 aromatic carbocycles. The van der Waals surface area contributed by atoms with E-state index in [-0.39, 0.29) is 30.7 Å². The lowest BCUT2D eigenvalue weighted by Crippen LogP contribution is -2.32. The van der Waals surface area contributed by atoms with E-state index in [0.29, 0.717) is 23.7 Å². The third kappa shape index (κ3) is 6.65. The fourth-order valence-corrected chi connectivity index (χ4v) is 2.20. The van der Waals surface area contributed by atoms with Crippen LogP contribution in [0.15, 0.2) is 47.1 Å². The summed E-state index contributed by atoms with van der Waals surface area (Å²) in [5, 5.41) is 3.01. The van der Waals surface area contributed by atoms with Crippen LogP contribution in [0.5, 0.6) is 11.6 Å². The maximum Gasteiger partial charge on any atom is 0.255 e. The number of likely N-dealkylation sites (N-methyl/N-ethyl adjacent to an activating group) is 2. The molecule has 0 spiro atoms. The molecule has 0 bridgehead atoms. The summed E-state index contributed by atoms with van der Waals surface area (Å²) in [6, 6.07) is 10.9. The lowest BCUT2D eigenvalue weighted by molar-refractivity contribution is 0.0796. The number of ether oxygens (including phenoxy) is 1. The zero-order chi connectivity index (χ0) is 15.9. The van der Waals surface area contributed by atoms with Crippen molar-refractivity contribution < 1.29 is 9.53 Å². The summed E-state index contributed by atoms with van der Waals surface area (Å²) in [7, 11) is 3.62. The summed E-state index contributed by atoms with van der Waals surface area (Å²) < 4.78 is 6.58. The van der Waals surface area contributed by atoms with Crippen LogP contribution in [0.2, 0.25) is 0 Å². The Kier molecular flexibility index (Phi) is 10.6. The monoisotopic (exact) mass is 435 g/mol. The topological polar surface area (TPSA) is 54.5 Å². The Morgan fingerprint density at radius 1 is 1.29 bits per heavy atom. The first-order valence-corrected chi connectivity index (χ1v) is 7.69. The van der Waals surface area contributed by atoms with Gasteiger partial charge in [0.15, 0.2) is 0 Å². The molecule has 0 aliphatic heterocycles. The van der Waals surface area contributed by atoms with Crippen molar-refractivity contribution in [3.05, 3.63) is 52.6 Å². The van der Waals surface area contributed by atoms with Crippen LogP contribution in [-0.2, 0) is 0 Å². The predicted molar refractivity (Wildman–Crippen MR) is 104 cm³/mol. The maximum atomic E-state index is 12.2. The molecule has 0 aliphatic carbocycles. The molecule has 0 atom stereocenters. The smallest absolute Gasteiger partial charge is 0.255 e. The van der Waals surface area contributed by atoms with E-state index < -0.39 is 0 Å². The molecule has 2 aromatic rings. The largest absolute Gasteiger partial charge is 0.439 e. The Morgan fingerprint density at radius 2 is 2.04 bits per heavy atom. The van der Waals surface area contributed by atoms with Crippen molar-refractivity contribution in [1.82, 2.24) is 15.2 Å². The lowest BCUT2D eigenvalue weighted by Gasteiger charge is -2.16. The number of hydrogen-bond acceptors (Lipinski definition) is 4. The van der Waals surface area contributed by atoms with Crippen molar-refractivity contribution in [2.45, 2.75) is 0 Å². The van der Waals surface area contributed by atoms with E-state index in [9.17, 15) is 4.79 Å². The van der Waals surface area contributed by atoms with Gasteiger partial charge in [-0.15, -0.1) is 24.8 Å². The van der Waals surface area contributed by atoms with Gasteiger partial charge in [-0.3, -0.25) is 4.79 Å². The fraction of sp³-hybridized carbons (Fsp3) is 0.250. The Morgan fingerprint density at radius 3 is 2.62 bits per heavy atom. The Bertz CT molecular complexity index is 641. The van der Waals surface area contributed by atoms with Gasteiger partial charge >= 0.3 is 0 Å². The number of rotatable bonds is 6. The molecule has 0 saturated heterocycles. The van der Waals surface area contributed by atoms with E-state index in [1.807, 2.05) is 31.3 Å². The number of carbonyl (C=O) groups excluding carboxylic acids is 1. The molecule has 0 saturated carbocycles. The van der Waals surface area contributed by atoms with Crippen molar-refractivity contribution in [1.29, 1.82) is 0 Å². The van der Waals surface area contributed by atoms with E-state index in [2.05, 4.69) is 26.2 Å². The SMILES string of the molecule is CNCCN(C)C(=O)c1ccc(Oc2cccc(Br)c2)nc1.Cl.Cl. The molecule has 24 heavy (non-hydrogen) atoms. The van der Waals surface area contributed by atoms with Crippen LogP contribution in [-0.4, -0.2) is 43.0 Å². The maximum absolute atomic E-state index is 12.2. The van der Waals surface area contributed by atoms with Gasteiger partial charge in [0.1, 0.15) is 5.75 Å². The highest BCUT2D eigenvalue weighted by molar-refractivity contribution is 9.10. The molecule has 132 valence electrons. The number of aromatic nitrogens is 1. The first-order valence-electron chi connectivity index (χ1n) is 6.89. The van der Waals surface area contributed by atoms with Gasteiger partial charge in [-0.2, -0.15) is 0 Å². The third-order valence-corrected chi connectivity index (χ3v) is 3.54. The fourth-order valence-electron chi connectivity index (χ4n) is 1.82. The standard InChI is InChI=1S/C16H18BrN3O2.2ClH/c1-18-8-9-20(2)16(21)12-6-7-15(19-11-12)22-14-5-3-4-13(17)10-14;;/h3-7,10-11,18H,8-9H2,1-2H3;2*1H. The van der Waals surface area contributed by atoms with Crippen molar-refractivity contribution >= 4 is 46.7 Å². The second-order valence-electron chi connectivity index (χ2n) is 4.77. The van der Waals surface area contributed by atoms with Gasteiger partial charge in [0, 0.05) is 36.9 Å². The first-order chi connectivity index (χ1) is 10.6. The van der Waals surface area contributed by atoms with E-state index in [4.69, 9.17) is 4.74 Å². The molecule has 1 N–H and O–H groups in total. The Balaban J connectivity index is 0.00000264. The summed E-state index contributed by atoms with van der Waals surface area (Å²) in [6.45, 7) is 1.39. The highest BCUT2D eigenvalue weighted by Crippen LogP contribution is 2.23. The molecule has 1 amide bonds. The predicted octanol–water partition coefficient (Wildman–Crippen LogP) is 3.77. The van der Waals surface area contributed by atoms with E-state index in [0.717, 1.165) is 11.0 Å². The molecule has 2 rings (SSSR count). The molecule has 8 heteroatoms. The normalized spacial score (nSPS) is 9.46. The summed E-state index contributed by atoms with van der Waals surface area (Å²) in [5.41, 5.74) is 0.542. The van der Waals surface area contributed by atoms with Gasteiger partial charge in [0.05, 0.1) is 5.56 Å². The second kappa shape index (κ2) is 11.3. The van der Waals surface area contributed by atoms with Crippen LogP contribution >= 0.6 is 40.7 Å². The molecule has 5 nitrogen and oxygen atoms in total. The summed E-state index contributed by atoms with van der Waals surface area (Å²) >= 11 is 3.39. The number of pyridine rings is 1. The van der Waals surface area contributed by atoms with Gasteiger partial charge in [0.25, 0.3) is 5.91 Å². The number of amides is 1. The van der Waals surface area contributed by atoms with Gasteiger partial charge in [0.2, 0.25) is 5.88 Å². The first kappa shape index (κ1) is 22.7. The number of nitrogens with one attached hydrogen (secondary N) is 1. The van der Waals surface area contributed by atoms with Crippen LogP contribution in [0, 0.1) is 0 Å². The Labute approximate surface area is 162 Å². The minimum absolute atomic E-state index is 0. The molecule has 0 aliphatic rings. The molecule has 1 aromatic heterocycles. The average molecular weight is 437 g/mol.